The van der Waals surface area contributed by atoms with Gasteiger partial charge in [0.1, 0.15) is 5.78 Å². The van der Waals surface area contributed by atoms with Gasteiger partial charge in [0, 0.05) is 5.69 Å². The summed E-state index contributed by atoms with van der Waals surface area (Å²) in [5.74, 6) is 0.103. The second kappa shape index (κ2) is 6.48. The van der Waals surface area contributed by atoms with Crippen molar-refractivity contribution in [2.45, 2.75) is 32.2 Å². The average Bonchev–Trinajstić information content (AvgIpc) is 2.40. The topological polar surface area (TPSA) is 49.4 Å². The van der Waals surface area contributed by atoms with Crippen LogP contribution in [0.5, 0.6) is 0 Å². The number of benzene rings is 1. The number of piperidine rings is 1. The van der Waals surface area contributed by atoms with Gasteiger partial charge >= 0.3 is 0 Å². The van der Waals surface area contributed by atoms with Crippen LogP contribution in [0.2, 0.25) is 0 Å². The van der Waals surface area contributed by atoms with Gasteiger partial charge < -0.3 is 5.32 Å². The molecule has 1 N–H and O–H groups in total. The first-order valence-corrected chi connectivity index (χ1v) is 6.76. The van der Waals surface area contributed by atoms with E-state index in [2.05, 4.69) is 5.32 Å². The number of rotatable bonds is 4. The minimum Gasteiger partial charge on any atom is -0.325 e. The van der Waals surface area contributed by atoms with Crippen molar-refractivity contribution in [3.05, 3.63) is 30.3 Å². The number of nitrogens with one attached hydrogen (secondary N) is 1. The zero-order chi connectivity index (χ0) is 13.7. The summed E-state index contributed by atoms with van der Waals surface area (Å²) in [6.45, 7) is 2.73. The molecular formula is C15H20N2O2. The molecule has 1 aromatic rings. The smallest absolute Gasteiger partial charge is 0.238 e. The standard InChI is InChI=1S/C15H20N2O2/c1-12(18)14-9-5-6-10-17(14)11-15(19)16-13-7-3-2-4-8-13/h2-4,7-8,14H,5-6,9-11H2,1H3,(H,16,19). The first-order valence-electron chi connectivity index (χ1n) is 6.76. The van der Waals surface area contributed by atoms with Gasteiger partial charge in [-0.3, -0.25) is 14.5 Å². The molecule has 102 valence electrons. The fourth-order valence-corrected chi connectivity index (χ4v) is 2.55. The van der Waals surface area contributed by atoms with Crippen molar-refractivity contribution < 1.29 is 9.59 Å². The predicted octanol–water partition coefficient (Wildman–Crippen LogP) is 2.07. The molecule has 1 aliphatic heterocycles. The van der Waals surface area contributed by atoms with Crippen molar-refractivity contribution in [2.75, 3.05) is 18.4 Å². The van der Waals surface area contributed by atoms with E-state index in [-0.39, 0.29) is 17.7 Å². The van der Waals surface area contributed by atoms with Crippen LogP contribution >= 0.6 is 0 Å². The van der Waals surface area contributed by atoms with Crippen LogP contribution in [0, 0.1) is 0 Å². The molecule has 4 nitrogen and oxygen atoms in total. The van der Waals surface area contributed by atoms with Crippen molar-refractivity contribution in [3.8, 4) is 0 Å². The minimum absolute atomic E-state index is 0.0562. The van der Waals surface area contributed by atoms with Crippen LogP contribution in [0.3, 0.4) is 0 Å². The largest absolute Gasteiger partial charge is 0.325 e. The third-order valence-electron chi connectivity index (χ3n) is 3.49. The van der Waals surface area contributed by atoms with Crippen LogP contribution in [0.1, 0.15) is 26.2 Å². The Labute approximate surface area is 113 Å². The Morgan fingerprint density at radius 2 is 2.00 bits per heavy atom. The van der Waals surface area contributed by atoms with Crippen LogP contribution < -0.4 is 5.32 Å². The Hall–Kier alpha value is -1.68. The summed E-state index contributed by atoms with van der Waals surface area (Å²) in [5.41, 5.74) is 0.795. The van der Waals surface area contributed by atoms with E-state index in [4.69, 9.17) is 0 Å². The maximum absolute atomic E-state index is 12.0. The van der Waals surface area contributed by atoms with Crippen molar-refractivity contribution in [2.24, 2.45) is 0 Å². The van der Waals surface area contributed by atoms with Crippen molar-refractivity contribution in [1.82, 2.24) is 4.90 Å². The van der Waals surface area contributed by atoms with Gasteiger partial charge in [0.15, 0.2) is 0 Å². The Bertz CT molecular complexity index is 445. The number of ketones is 1. The third kappa shape index (κ3) is 3.89. The number of carbonyl (C=O) groups is 2. The van der Waals surface area contributed by atoms with Gasteiger partial charge in [-0.25, -0.2) is 0 Å². The molecule has 0 aromatic heterocycles. The van der Waals surface area contributed by atoms with E-state index in [1.807, 2.05) is 35.2 Å². The summed E-state index contributed by atoms with van der Waals surface area (Å²) >= 11 is 0. The number of Topliss-reactive ketones (excluding diaryl/α,β-unsaturated/α-hetero) is 1. The Morgan fingerprint density at radius 3 is 2.68 bits per heavy atom. The number of anilines is 1. The zero-order valence-electron chi connectivity index (χ0n) is 11.3. The third-order valence-corrected chi connectivity index (χ3v) is 3.49. The average molecular weight is 260 g/mol. The molecule has 2 rings (SSSR count). The summed E-state index contributed by atoms with van der Waals surface area (Å²) < 4.78 is 0. The predicted molar refractivity (Wildman–Crippen MR) is 75.0 cm³/mol. The van der Waals surface area contributed by atoms with Gasteiger partial charge in [-0.15, -0.1) is 0 Å². The molecule has 1 unspecified atom stereocenters. The van der Waals surface area contributed by atoms with Gasteiger partial charge in [0.25, 0.3) is 0 Å². The Morgan fingerprint density at radius 1 is 1.26 bits per heavy atom. The number of likely N-dealkylation sites (tertiary alicyclic amines) is 1. The van der Waals surface area contributed by atoms with Gasteiger partial charge in [0.05, 0.1) is 12.6 Å². The van der Waals surface area contributed by atoms with E-state index in [1.54, 1.807) is 6.92 Å². The molecule has 0 spiro atoms. The fraction of sp³-hybridized carbons (Fsp3) is 0.467. The lowest BCUT2D eigenvalue weighted by Crippen LogP contribution is -2.47. The van der Waals surface area contributed by atoms with Crippen LogP contribution in [0.25, 0.3) is 0 Å². The molecule has 1 fully saturated rings. The first-order chi connectivity index (χ1) is 9.16. The maximum Gasteiger partial charge on any atom is 0.238 e. The summed E-state index contributed by atoms with van der Waals surface area (Å²) in [6, 6.07) is 9.30. The monoisotopic (exact) mass is 260 g/mol. The molecule has 0 saturated carbocycles. The highest BCUT2D eigenvalue weighted by molar-refractivity contribution is 5.92. The highest BCUT2D eigenvalue weighted by Gasteiger charge is 2.27. The highest BCUT2D eigenvalue weighted by atomic mass is 16.2. The number of carbonyl (C=O) groups excluding carboxylic acids is 2. The first kappa shape index (κ1) is 13.7. The van der Waals surface area contributed by atoms with E-state index in [0.29, 0.717) is 6.54 Å². The van der Waals surface area contributed by atoms with E-state index >= 15 is 0 Å². The zero-order valence-corrected chi connectivity index (χ0v) is 11.3. The summed E-state index contributed by atoms with van der Waals surface area (Å²) in [6.07, 6.45) is 3.00. The number of hydrogen-bond donors (Lipinski definition) is 1. The molecule has 1 saturated heterocycles. The van der Waals surface area contributed by atoms with E-state index in [1.165, 1.54) is 0 Å². The molecule has 19 heavy (non-hydrogen) atoms. The molecule has 1 aliphatic rings. The molecule has 0 aliphatic carbocycles. The molecule has 0 bridgehead atoms. The molecular weight excluding hydrogens is 240 g/mol. The number of amides is 1. The molecule has 4 heteroatoms. The number of hydrogen-bond acceptors (Lipinski definition) is 3. The SMILES string of the molecule is CC(=O)C1CCCCN1CC(=O)Nc1ccccc1. The minimum atomic E-state index is -0.0877. The van der Waals surface area contributed by atoms with Crippen LogP contribution in [0.15, 0.2) is 30.3 Å². The van der Waals surface area contributed by atoms with Crippen LogP contribution in [-0.4, -0.2) is 35.7 Å². The molecule has 1 amide bonds. The van der Waals surface area contributed by atoms with Gasteiger partial charge in [0.2, 0.25) is 5.91 Å². The normalized spacial score (nSPS) is 19.9. The van der Waals surface area contributed by atoms with Gasteiger partial charge in [-0.05, 0) is 38.4 Å². The second-order valence-electron chi connectivity index (χ2n) is 5.01. The Balaban J connectivity index is 1.92. The van der Waals surface area contributed by atoms with Crippen molar-refractivity contribution in [3.63, 3.8) is 0 Å². The van der Waals surface area contributed by atoms with E-state index in [0.717, 1.165) is 31.5 Å². The lowest BCUT2D eigenvalue weighted by atomic mass is 9.99. The van der Waals surface area contributed by atoms with E-state index < -0.39 is 0 Å². The van der Waals surface area contributed by atoms with Crippen molar-refractivity contribution >= 4 is 17.4 Å². The van der Waals surface area contributed by atoms with Gasteiger partial charge in [-0.2, -0.15) is 0 Å². The summed E-state index contributed by atoms with van der Waals surface area (Å²) in [4.78, 5) is 25.6. The van der Waals surface area contributed by atoms with Crippen LogP contribution in [0.4, 0.5) is 5.69 Å². The second-order valence-corrected chi connectivity index (χ2v) is 5.01. The fourth-order valence-electron chi connectivity index (χ4n) is 2.55. The van der Waals surface area contributed by atoms with Gasteiger partial charge in [-0.1, -0.05) is 24.6 Å². The quantitative estimate of drug-likeness (QED) is 0.901. The number of para-hydroxylation sites is 1. The highest BCUT2D eigenvalue weighted by Crippen LogP contribution is 2.17. The van der Waals surface area contributed by atoms with Crippen molar-refractivity contribution in [1.29, 1.82) is 0 Å². The lowest BCUT2D eigenvalue weighted by molar-refractivity contribution is -0.125. The number of nitrogens with zero attached hydrogens (tertiary/aromatic N) is 1. The molecule has 0 radical (unpaired) electrons. The lowest BCUT2D eigenvalue weighted by Gasteiger charge is -2.33. The maximum atomic E-state index is 12.0. The van der Waals surface area contributed by atoms with Crippen LogP contribution in [-0.2, 0) is 9.59 Å². The Kier molecular flexibility index (Phi) is 4.68. The molecule has 1 heterocycles. The summed E-state index contributed by atoms with van der Waals surface area (Å²) in [5, 5.41) is 2.86. The molecule has 1 aromatic carbocycles. The summed E-state index contributed by atoms with van der Waals surface area (Å²) in [7, 11) is 0. The van der Waals surface area contributed by atoms with E-state index in [9.17, 15) is 9.59 Å². The molecule has 1 atom stereocenters.